The highest BCUT2D eigenvalue weighted by Gasteiger charge is 2.31. The Morgan fingerprint density at radius 1 is 1.21 bits per heavy atom. The molecule has 0 saturated carbocycles. The maximum atomic E-state index is 12.5. The van der Waals surface area contributed by atoms with E-state index in [1.165, 1.54) is 4.90 Å². The number of benzene rings is 1. The lowest BCUT2D eigenvalue weighted by Crippen LogP contribution is -2.39. The minimum absolute atomic E-state index is 0.0237. The third kappa shape index (κ3) is 6.40. The van der Waals surface area contributed by atoms with Crippen molar-refractivity contribution in [3.8, 4) is 0 Å². The van der Waals surface area contributed by atoms with E-state index in [9.17, 15) is 13.2 Å². The molecule has 0 aliphatic rings. The fourth-order valence-electron chi connectivity index (χ4n) is 1.91. The van der Waals surface area contributed by atoms with E-state index in [4.69, 9.17) is 5.11 Å². The van der Waals surface area contributed by atoms with Crippen molar-refractivity contribution in [2.45, 2.75) is 12.1 Å². The molecule has 1 N–H and O–H groups in total. The fraction of sp³-hybridized carbons (Fsp3) is 0.538. The topological polar surface area (TPSA) is 23.5 Å². The number of hydrogen-bond donors (Lipinski definition) is 1. The molecule has 1 atom stereocenters. The number of hydrogen-bond acceptors (Lipinski definition) is 2. The summed E-state index contributed by atoms with van der Waals surface area (Å²) in [7, 11) is 0. The van der Waals surface area contributed by atoms with Crippen LogP contribution in [0.15, 0.2) is 30.3 Å². The Bertz CT molecular complexity index is 359. The van der Waals surface area contributed by atoms with Gasteiger partial charge in [0.2, 0.25) is 0 Å². The average molecular weight is 340 g/mol. The summed E-state index contributed by atoms with van der Waals surface area (Å²) >= 11 is 3.34. The van der Waals surface area contributed by atoms with Gasteiger partial charge in [0.25, 0.3) is 0 Å². The van der Waals surface area contributed by atoms with Gasteiger partial charge >= 0.3 is 6.18 Å². The van der Waals surface area contributed by atoms with Crippen LogP contribution in [-0.2, 0) is 0 Å². The van der Waals surface area contributed by atoms with E-state index in [1.807, 2.05) is 30.3 Å². The van der Waals surface area contributed by atoms with Gasteiger partial charge in [-0.15, -0.1) is 0 Å². The van der Waals surface area contributed by atoms with Gasteiger partial charge < -0.3 is 5.11 Å². The zero-order valence-electron chi connectivity index (χ0n) is 10.4. The molecule has 108 valence electrons. The summed E-state index contributed by atoms with van der Waals surface area (Å²) in [5.41, 5.74) is 0.990. The summed E-state index contributed by atoms with van der Waals surface area (Å²) in [6.07, 6.45) is -4.25. The molecule has 6 heteroatoms. The normalized spacial score (nSPS) is 13.8. The van der Waals surface area contributed by atoms with Crippen LogP contribution in [0.2, 0.25) is 0 Å². The van der Waals surface area contributed by atoms with Gasteiger partial charge in [0.1, 0.15) is 0 Å². The van der Waals surface area contributed by atoms with Crippen molar-refractivity contribution in [1.29, 1.82) is 0 Å². The van der Waals surface area contributed by atoms with Crippen molar-refractivity contribution < 1.29 is 18.3 Å². The van der Waals surface area contributed by atoms with Crippen LogP contribution >= 0.6 is 15.9 Å². The van der Waals surface area contributed by atoms with Crippen LogP contribution in [0.3, 0.4) is 0 Å². The van der Waals surface area contributed by atoms with Crippen LogP contribution < -0.4 is 0 Å². The lowest BCUT2D eigenvalue weighted by molar-refractivity contribution is -0.147. The number of aliphatic hydroxyl groups is 1. The largest absolute Gasteiger partial charge is 0.401 e. The van der Waals surface area contributed by atoms with Gasteiger partial charge in [-0.25, -0.2) is 0 Å². The second-order valence-corrected chi connectivity index (χ2v) is 4.98. The average Bonchev–Trinajstić information content (AvgIpc) is 2.35. The van der Waals surface area contributed by atoms with Crippen molar-refractivity contribution >= 4 is 15.9 Å². The zero-order chi connectivity index (χ0) is 14.3. The molecule has 1 aromatic rings. The van der Waals surface area contributed by atoms with E-state index >= 15 is 0 Å². The highest BCUT2D eigenvalue weighted by atomic mass is 79.9. The molecule has 2 nitrogen and oxygen atoms in total. The Morgan fingerprint density at radius 3 is 2.32 bits per heavy atom. The minimum atomic E-state index is -4.25. The summed E-state index contributed by atoms with van der Waals surface area (Å²) in [6.45, 7) is -0.991. The molecule has 0 bridgehead atoms. The first-order chi connectivity index (χ1) is 8.96. The van der Waals surface area contributed by atoms with Gasteiger partial charge in [0, 0.05) is 24.3 Å². The van der Waals surface area contributed by atoms with Gasteiger partial charge in [0.05, 0.1) is 13.2 Å². The van der Waals surface area contributed by atoms with E-state index in [0.717, 1.165) is 5.56 Å². The van der Waals surface area contributed by atoms with E-state index in [1.54, 1.807) is 0 Å². The number of alkyl halides is 4. The van der Waals surface area contributed by atoms with Crippen LogP contribution in [-0.4, -0.2) is 47.8 Å². The summed E-state index contributed by atoms with van der Waals surface area (Å²) in [4.78, 5) is 1.24. The summed E-state index contributed by atoms with van der Waals surface area (Å²) in [5, 5.41) is 9.45. The van der Waals surface area contributed by atoms with Crippen LogP contribution in [0.25, 0.3) is 0 Å². The predicted octanol–water partition coefficient (Wildman–Crippen LogP) is 3.02. The number of aliphatic hydroxyl groups excluding tert-OH is 1. The highest BCUT2D eigenvalue weighted by molar-refractivity contribution is 9.09. The molecule has 0 heterocycles. The maximum absolute atomic E-state index is 12.5. The van der Waals surface area contributed by atoms with E-state index in [2.05, 4.69) is 15.9 Å². The Labute approximate surface area is 119 Å². The quantitative estimate of drug-likeness (QED) is 0.772. The molecule has 1 aromatic carbocycles. The van der Waals surface area contributed by atoms with Gasteiger partial charge in [-0.2, -0.15) is 13.2 Å². The SMILES string of the molecule is OCCN(CC(CBr)c1ccccc1)CC(F)(F)F. The van der Waals surface area contributed by atoms with Crippen LogP contribution in [0.1, 0.15) is 11.5 Å². The number of rotatable bonds is 7. The van der Waals surface area contributed by atoms with E-state index in [0.29, 0.717) is 5.33 Å². The molecule has 0 saturated heterocycles. The molecule has 0 aliphatic heterocycles. The Kier molecular flexibility index (Phi) is 6.82. The van der Waals surface area contributed by atoms with Crippen molar-refractivity contribution in [3.05, 3.63) is 35.9 Å². The van der Waals surface area contributed by atoms with E-state index in [-0.39, 0.29) is 25.6 Å². The highest BCUT2D eigenvalue weighted by Crippen LogP contribution is 2.22. The smallest absolute Gasteiger partial charge is 0.395 e. The molecule has 1 unspecified atom stereocenters. The Hall–Kier alpha value is -0.590. The standard InChI is InChI=1S/C13H17BrF3NO/c14-8-12(11-4-2-1-3-5-11)9-18(6-7-19)10-13(15,16)17/h1-5,12,19H,6-10H2. The predicted molar refractivity (Wildman–Crippen MR) is 72.6 cm³/mol. The van der Waals surface area contributed by atoms with Crippen molar-refractivity contribution in [1.82, 2.24) is 4.90 Å². The van der Waals surface area contributed by atoms with Crippen LogP contribution in [0, 0.1) is 0 Å². The molecular weight excluding hydrogens is 323 g/mol. The summed E-state index contributed by atoms with van der Waals surface area (Å²) in [6, 6.07) is 9.40. The molecule has 0 fully saturated rings. The molecule has 0 radical (unpaired) electrons. The molecule has 1 rings (SSSR count). The summed E-state index contributed by atoms with van der Waals surface area (Å²) in [5.74, 6) is -0.0323. The van der Waals surface area contributed by atoms with Crippen LogP contribution in [0.5, 0.6) is 0 Å². The summed E-state index contributed by atoms with van der Waals surface area (Å²) < 4.78 is 37.4. The van der Waals surface area contributed by atoms with Gasteiger partial charge in [0.15, 0.2) is 0 Å². The van der Waals surface area contributed by atoms with Crippen molar-refractivity contribution in [2.75, 3.05) is 31.6 Å². The first kappa shape index (κ1) is 16.5. The number of nitrogens with zero attached hydrogens (tertiary/aromatic N) is 1. The Balaban J connectivity index is 2.70. The lowest BCUT2D eigenvalue weighted by Gasteiger charge is -2.27. The third-order valence-electron chi connectivity index (χ3n) is 2.75. The van der Waals surface area contributed by atoms with Crippen LogP contribution in [0.4, 0.5) is 13.2 Å². The first-order valence-electron chi connectivity index (χ1n) is 5.97. The molecule has 0 aliphatic carbocycles. The van der Waals surface area contributed by atoms with Crippen molar-refractivity contribution in [2.24, 2.45) is 0 Å². The zero-order valence-corrected chi connectivity index (χ0v) is 12.0. The monoisotopic (exact) mass is 339 g/mol. The van der Waals surface area contributed by atoms with Crippen molar-refractivity contribution in [3.63, 3.8) is 0 Å². The Morgan fingerprint density at radius 2 is 1.84 bits per heavy atom. The molecule has 0 amide bonds. The second-order valence-electron chi connectivity index (χ2n) is 4.34. The maximum Gasteiger partial charge on any atom is 0.401 e. The molecular formula is C13H17BrF3NO. The van der Waals surface area contributed by atoms with Gasteiger partial charge in [-0.05, 0) is 5.56 Å². The van der Waals surface area contributed by atoms with E-state index < -0.39 is 12.7 Å². The lowest BCUT2D eigenvalue weighted by atomic mass is 10.0. The third-order valence-corrected chi connectivity index (χ3v) is 3.54. The van der Waals surface area contributed by atoms with Gasteiger partial charge in [-0.1, -0.05) is 46.3 Å². The first-order valence-corrected chi connectivity index (χ1v) is 7.09. The molecule has 19 heavy (non-hydrogen) atoms. The fourth-order valence-corrected chi connectivity index (χ4v) is 2.49. The number of halogens is 4. The second kappa shape index (κ2) is 7.87. The minimum Gasteiger partial charge on any atom is -0.395 e. The molecule has 0 spiro atoms. The molecule has 0 aromatic heterocycles. The van der Waals surface area contributed by atoms with Gasteiger partial charge in [-0.3, -0.25) is 4.90 Å².